The average Bonchev–Trinajstić information content (AvgIpc) is 2.56. The van der Waals surface area contributed by atoms with Gasteiger partial charge >= 0.3 is 12.0 Å². The van der Waals surface area contributed by atoms with E-state index < -0.39 is 6.03 Å². The van der Waals surface area contributed by atoms with Crippen molar-refractivity contribution < 1.29 is 14.3 Å². The maximum atomic E-state index is 11.7. The molecule has 0 spiro atoms. The molecule has 2 heterocycles. The second kappa shape index (κ2) is 6.11. The molecule has 0 atom stereocenters. The first kappa shape index (κ1) is 14.5. The lowest BCUT2D eigenvalue weighted by Gasteiger charge is -2.25. The molecule has 1 N–H and O–H groups in total. The van der Waals surface area contributed by atoms with E-state index in [-0.39, 0.29) is 24.9 Å². The number of amides is 3. The van der Waals surface area contributed by atoms with Gasteiger partial charge in [0.15, 0.2) is 0 Å². The molecule has 2 aromatic rings. The van der Waals surface area contributed by atoms with Gasteiger partial charge in [-0.25, -0.2) is 14.8 Å². The van der Waals surface area contributed by atoms with Crippen LogP contribution in [0.3, 0.4) is 0 Å². The van der Waals surface area contributed by atoms with E-state index in [1.807, 2.05) is 6.07 Å². The summed E-state index contributed by atoms with van der Waals surface area (Å²) < 4.78 is 5.46. The molecule has 114 valence electrons. The fraction of sp³-hybridized carbons (Fsp3) is 0.133. The van der Waals surface area contributed by atoms with Gasteiger partial charge in [-0.1, -0.05) is 6.07 Å². The van der Waals surface area contributed by atoms with Crippen LogP contribution in [0, 0.1) is 11.3 Å². The zero-order chi connectivity index (χ0) is 16.2. The van der Waals surface area contributed by atoms with Crippen molar-refractivity contribution in [2.24, 2.45) is 0 Å². The summed E-state index contributed by atoms with van der Waals surface area (Å²) in [7, 11) is 0. The number of benzene rings is 1. The number of nitrogens with one attached hydrogen (secondary N) is 1. The van der Waals surface area contributed by atoms with E-state index in [1.54, 1.807) is 24.3 Å². The van der Waals surface area contributed by atoms with Gasteiger partial charge < -0.3 is 4.74 Å². The molecular weight excluding hydrogens is 298 g/mol. The summed E-state index contributed by atoms with van der Waals surface area (Å²) in [6, 6.07) is 8.21. The number of carbonyl (C=O) groups excluding carboxylic acids is 2. The average molecular weight is 309 g/mol. The number of aromatic nitrogens is 2. The molecule has 3 rings (SSSR count). The lowest BCUT2D eigenvalue weighted by Crippen LogP contribution is -2.49. The van der Waals surface area contributed by atoms with Crippen molar-refractivity contribution in [2.45, 2.75) is 6.42 Å². The molecule has 1 aliphatic heterocycles. The molecule has 0 bridgehead atoms. The number of hydrogen-bond acceptors (Lipinski definition) is 6. The molecule has 23 heavy (non-hydrogen) atoms. The summed E-state index contributed by atoms with van der Waals surface area (Å²) in [5.74, 6) is 0.141. The summed E-state index contributed by atoms with van der Waals surface area (Å²) in [6.45, 7) is 0.276. The standard InChI is InChI=1S/C15H11N5O3/c16-7-10-2-1-3-12(6-10)23-14-17-8-11(9-18-14)20-5-4-13(21)19-15(20)22/h1-3,6,8-9H,4-5H2,(H,19,21,22). The number of anilines is 1. The number of nitriles is 1. The smallest absolute Gasteiger partial charge is 0.328 e. The normalized spacial score (nSPS) is 14.1. The molecule has 8 nitrogen and oxygen atoms in total. The third kappa shape index (κ3) is 3.24. The molecule has 0 aliphatic carbocycles. The van der Waals surface area contributed by atoms with Crippen molar-refractivity contribution in [3.05, 3.63) is 42.2 Å². The van der Waals surface area contributed by atoms with Crippen LogP contribution in [0.15, 0.2) is 36.7 Å². The molecule has 0 unspecified atom stereocenters. The Balaban J connectivity index is 1.73. The Kier molecular flexibility index (Phi) is 3.84. The predicted molar refractivity (Wildman–Crippen MR) is 78.8 cm³/mol. The van der Waals surface area contributed by atoms with Crippen molar-refractivity contribution in [1.29, 1.82) is 5.26 Å². The summed E-state index contributed by atoms with van der Waals surface area (Å²) >= 11 is 0. The monoisotopic (exact) mass is 309 g/mol. The quantitative estimate of drug-likeness (QED) is 0.922. The Morgan fingerprint density at radius 1 is 1.26 bits per heavy atom. The summed E-state index contributed by atoms with van der Waals surface area (Å²) in [6.07, 6.45) is 3.10. The molecule has 8 heteroatoms. The second-order valence-corrected chi connectivity index (χ2v) is 4.72. The highest BCUT2D eigenvalue weighted by molar-refractivity contribution is 6.05. The van der Waals surface area contributed by atoms with Crippen LogP contribution in [-0.4, -0.2) is 28.5 Å². The van der Waals surface area contributed by atoms with Gasteiger partial charge in [-0.05, 0) is 18.2 Å². The van der Waals surface area contributed by atoms with E-state index in [9.17, 15) is 9.59 Å². The van der Waals surface area contributed by atoms with Crippen LogP contribution >= 0.6 is 0 Å². The second-order valence-electron chi connectivity index (χ2n) is 4.72. The number of ether oxygens (including phenoxy) is 1. The Morgan fingerprint density at radius 3 is 2.74 bits per heavy atom. The third-order valence-electron chi connectivity index (χ3n) is 3.15. The zero-order valence-corrected chi connectivity index (χ0v) is 11.9. The van der Waals surface area contributed by atoms with Crippen LogP contribution in [0.5, 0.6) is 11.8 Å². The highest BCUT2D eigenvalue weighted by Gasteiger charge is 2.24. The lowest BCUT2D eigenvalue weighted by molar-refractivity contribution is -0.120. The van der Waals surface area contributed by atoms with E-state index in [2.05, 4.69) is 15.3 Å². The van der Waals surface area contributed by atoms with Crippen molar-refractivity contribution in [2.75, 3.05) is 11.4 Å². The van der Waals surface area contributed by atoms with Crippen LogP contribution in [0.2, 0.25) is 0 Å². The molecule has 1 aliphatic rings. The SMILES string of the molecule is N#Cc1cccc(Oc2ncc(N3CCC(=O)NC3=O)cn2)c1. The zero-order valence-electron chi connectivity index (χ0n) is 11.9. The van der Waals surface area contributed by atoms with Crippen LogP contribution < -0.4 is 15.0 Å². The van der Waals surface area contributed by atoms with Crippen LogP contribution in [0.25, 0.3) is 0 Å². The van der Waals surface area contributed by atoms with Gasteiger partial charge in [0.2, 0.25) is 5.91 Å². The number of imide groups is 1. The molecule has 0 saturated carbocycles. The van der Waals surface area contributed by atoms with E-state index in [0.717, 1.165) is 0 Å². The van der Waals surface area contributed by atoms with Crippen molar-refractivity contribution in [1.82, 2.24) is 15.3 Å². The predicted octanol–water partition coefficient (Wildman–Crippen LogP) is 1.59. The molecule has 3 amide bonds. The minimum atomic E-state index is -0.500. The Bertz CT molecular complexity index is 798. The minimum Gasteiger partial charge on any atom is -0.424 e. The molecular formula is C15H11N5O3. The third-order valence-corrected chi connectivity index (χ3v) is 3.15. The Morgan fingerprint density at radius 2 is 2.04 bits per heavy atom. The van der Waals surface area contributed by atoms with Gasteiger partial charge in [-0.3, -0.25) is 15.0 Å². The molecule has 1 aromatic heterocycles. The largest absolute Gasteiger partial charge is 0.424 e. The van der Waals surface area contributed by atoms with Gasteiger partial charge in [0.1, 0.15) is 5.75 Å². The van der Waals surface area contributed by atoms with E-state index >= 15 is 0 Å². The van der Waals surface area contributed by atoms with E-state index in [1.165, 1.54) is 17.3 Å². The first-order valence-corrected chi connectivity index (χ1v) is 6.77. The van der Waals surface area contributed by atoms with Crippen LogP contribution in [0.4, 0.5) is 10.5 Å². The van der Waals surface area contributed by atoms with Gasteiger partial charge in [0.05, 0.1) is 29.7 Å². The highest BCUT2D eigenvalue weighted by atomic mass is 16.5. The van der Waals surface area contributed by atoms with Crippen molar-refractivity contribution >= 4 is 17.6 Å². The minimum absolute atomic E-state index is 0.0948. The summed E-state index contributed by atoms with van der Waals surface area (Å²) in [5.41, 5.74) is 0.932. The molecule has 1 aromatic carbocycles. The van der Waals surface area contributed by atoms with Gasteiger partial charge in [-0.15, -0.1) is 0 Å². The molecule has 1 fully saturated rings. The maximum absolute atomic E-state index is 11.7. The topological polar surface area (TPSA) is 108 Å². The van der Waals surface area contributed by atoms with Crippen LogP contribution in [0.1, 0.15) is 12.0 Å². The number of urea groups is 1. The summed E-state index contributed by atoms with van der Waals surface area (Å²) in [5, 5.41) is 11.1. The Hall–Kier alpha value is -3.47. The maximum Gasteiger partial charge on any atom is 0.328 e. The number of hydrogen-bond donors (Lipinski definition) is 1. The Labute approximate surface area is 131 Å². The highest BCUT2D eigenvalue weighted by Crippen LogP contribution is 2.21. The van der Waals surface area contributed by atoms with E-state index in [4.69, 9.17) is 10.00 Å². The van der Waals surface area contributed by atoms with Gasteiger partial charge in [0, 0.05) is 13.0 Å². The number of carbonyl (C=O) groups is 2. The van der Waals surface area contributed by atoms with Gasteiger partial charge in [0.25, 0.3) is 0 Å². The first-order valence-electron chi connectivity index (χ1n) is 6.77. The van der Waals surface area contributed by atoms with Crippen molar-refractivity contribution in [3.8, 4) is 17.8 Å². The fourth-order valence-corrected chi connectivity index (χ4v) is 2.05. The molecule has 0 radical (unpaired) electrons. The van der Waals surface area contributed by atoms with Gasteiger partial charge in [-0.2, -0.15) is 5.26 Å². The van der Waals surface area contributed by atoms with E-state index in [0.29, 0.717) is 17.0 Å². The van der Waals surface area contributed by atoms with Crippen molar-refractivity contribution in [3.63, 3.8) is 0 Å². The van der Waals surface area contributed by atoms with Crippen LogP contribution in [-0.2, 0) is 4.79 Å². The number of rotatable bonds is 3. The molecule has 1 saturated heterocycles. The first-order chi connectivity index (χ1) is 11.2. The summed E-state index contributed by atoms with van der Waals surface area (Å²) in [4.78, 5) is 32.3. The fourth-order valence-electron chi connectivity index (χ4n) is 2.05. The number of nitrogens with zero attached hydrogens (tertiary/aromatic N) is 4. The lowest BCUT2D eigenvalue weighted by atomic mass is 10.2.